The molecule has 4 aromatic rings. The summed E-state index contributed by atoms with van der Waals surface area (Å²) in [7, 11) is 3.00. The molecule has 2 saturated heterocycles. The van der Waals surface area contributed by atoms with Crippen LogP contribution in [0, 0.1) is 0 Å². The third-order valence-corrected chi connectivity index (χ3v) is 8.79. The summed E-state index contributed by atoms with van der Waals surface area (Å²) in [5.74, 6) is 0.800. The summed E-state index contributed by atoms with van der Waals surface area (Å²) < 4.78 is 10.4. The molecule has 2 atom stereocenters. The minimum absolute atomic E-state index is 0.0534. The van der Waals surface area contributed by atoms with Crippen molar-refractivity contribution in [2.45, 2.75) is 56.3 Å². The van der Waals surface area contributed by atoms with Crippen LogP contribution in [0.1, 0.15) is 44.5 Å². The van der Waals surface area contributed by atoms with Crippen LogP contribution in [0.3, 0.4) is 0 Å². The molecular weight excluding hydrogens is 538 g/mol. The Kier molecular flexibility index (Phi) is 6.39. The molecule has 212 valence electrons. The number of hydrogen-bond acceptors (Lipinski definition) is 7. The minimum Gasteiger partial charge on any atom is -0.386 e. The first-order chi connectivity index (χ1) is 19.0. The summed E-state index contributed by atoms with van der Waals surface area (Å²) in [4.78, 5) is 52.5. The van der Waals surface area contributed by atoms with Crippen molar-refractivity contribution < 1.29 is 14.6 Å². The first-order valence-electron chi connectivity index (χ1n) is 13.4. The van der Waals surface area contributed by atoms with Gasteiger partial charge in [0.25, 0.3) is 5.56 Å². The molecule has 2 N–H and O–H groups in total. The Hall–Kier alpha value is -3.48. The number of benzene rings is 1. The zero-order valence-electron chi connectivity index (χ0n) is 22.7. The molecule has 1 spiro atoms. The smallest absolute Gasteiger partial charge is 0.332 e. The first-order valence-corrected chi connectivity index (χ1v) is 13.8. The average Bonchev–Trinajstić information content (AvgIpc) is 3.55. The molecule has 0 unspecified atom stereocenters. The largest absolute Gasteiger partial charge is 0.386 e. The Morgan fingerprint density at radius 1 is 1.23 bits per heavy atom. The van der Waals surface area contributed by atoms with E-state index < -0.39 is 28.5 Å². The number of amides is 1. The lowest BCUT2D eigenvalue weighted by Gasteiger charge is -2.51. The molecule has 2 fully saturated rings. The van der Waals surface area contributed by atoms with Crippen molar-refractivity contribution in [2.75, 3.05) is 19.7 Å². The van der Waals surface area contributed by atoms with Gasteiger partial charge in [0, 0.05) is 51.5 Å². The molecule has 13 heteroatoms. The number of piperidine rings is 1. The zero-order chi connectivity index (χ0) is 28.4. The van der Waals surface area contributed by atoms with Gasteiger partial charge in [-0.1, -0.05) is 11.6 Å². The lowest BCUT2D eigenvalue weighted by molar-refractivity contribution is -0.201. The lowest BCUT2D eigenvalue weighted by Crippen LogP contribution is -2.57. The Labute approximate surface area is 234 Å². The topological polar surface area (TPSA) is 140 Å². The number of likely N-dealkylation sites (tertiary alicyclic amines) is 1. The van der Waals surface area contributed by atoms with E-state index in [2.05, 4.69) is 15.0 Å². The monoisotopic (exact) mass is 569 g/mol. The molecular formula is C27H32ClN7O5. The number of ether oxygens (including phenoxy) is 1. The second-order valence-corrected chi connectivity index (χ2v) is 11.7. The van der Waals surface area contributed by atoms with Crippen molar-refractivity contribution in [3.05, 3.63) is 56.2 Å². The van der Waals surface area contributed by atoms with Crippen LogP contribution in [0.5, 0.6) is 0 Å². The number of aromatic nitrogens is 6. The molecule has 1 amide bonds. The zero-order valence-corrected chi connectivity index (χ0v) is 23.4. The number of carbonyl (C=O) groups excluding carboxylic acids is 1. The normalized spacial score (nSPS) is 22.9. The van der Waals surface area contributed by atoms with E-state index >= 15 is 0 Å². The minimum atomic E-state index is -1.26. The van der Waals surface area contributed by atoms with E-state index in [0.29, 0.717) is 50.2 Å². The van der Waals surface area contributed by atoms with Crippen molar-refractivity contribution >= 4 is 39.7 Å². The Morgan fingerprint density at radius 3 is 2.73 bits per heavy atom. The number of nitrogens with one attached hydrogen (secondary N) is 1. The maximum atomic E-state index is 13.1. The van der Waals surface area contributed by atoms with E-state index in [1.54, 1.807) is 24.6 Å². The summed E-state index contributed by atoms with van der Waals surface area (Å²) in [5, 5.41) is 11.9. The van der Waals surface area contributed by atoms with Crippen molar-refractivity contribution in [1.29, 1.82) is 0 Å². The van der Waals surface area contributed by atoms with Crippen LogP contribution in [0.2, 0.25) is 5.02 Å². The Morgan fingerprint density at radius 2 is 1.98 bits per heavy atom. The number of H-pyrrole nitrogens is 1. The van der Waals surface area contributed by atoms with Gasteiger partial charge in [-0.2, -0.15) is 0 Å². The quantitative estimate of drug-likeness (QED) is 0.381. The number of aliphatic hydroxyl groups is 1. The maximum absolute atomic E-state index is 13.1. The van der Waals surface area contributed by atoms with Crippen LogP contribution in [-0.4, -0.2) is 75.5 Å². The third-order valence-electron chi connectivity index (χ3n) is 8.56. The molecule has 2 aliphatic rings. The number of imidazole rings is 2. The fourth-order valence-electron chi connectivity index (χ4n) is 6.07. The van der Waals surface area contributed by atoms with Gasteiger partial charge in [-0.25, -0.2) is 14.8 Å². The van der Waals surface area contributed by atoms with E-state index in [0.717, 1.165) is 21.4 Å². The average molecular weight is 570 g/mol. The van der Waals surface area contributed by atoms with E-state index in [1.807, 2.05) is 17.0 Å². The maximum Gasteiger partial charge on any atom is 0.332 e. The van der Waals surface area contributed by atoms with Gasteiger partial charge in [0.1, 0.15) is 11.4 Å². The van der Waals surface area contributed by atoms with E-state index in [1.165, 1.54) is 17.9 Å². The van der Waals surface area contributed by atoms with Crippen LogP contribution in [0.15, 0.2) is 34.1 Å². The summed E-state index contributed by atoms with van der Waals surface area (Å²) >= 11 is 6.06. The lowest BCUT2D eigenvalue weighted by atomic mass is 9.77. The highest BCUT2D eigenvalue weighted by Crippen LogP contribution is 2.44. The Balaban J connectivity index is 1.16. The molecule has 3 aromatic heterocycles. The number of carbonyl (C=O) groups is 1. The molecule has 5 heterocycles. The first kappa shape index (κ1) is 26.7. The molecule has 1 aromatic carbocycles. The number of aryl methyl sites for hydroxylation is 2. The number of fused-ring (bicyclic) bond motifs is 2. The van der Waals surface area contributed by atoms with Crippen molar-refractivity contribution in [3.63, 3.8) is 0 Å². The van der Waals surface area contributed by atoms with Crippen LogP contribution < -0.4 is 11.2 Å². The highest BCUT2D eigenvalue weighted by Gasteiger charge is 2.50. The molecule has 0 radical (unpaired) electrons. The fourth-order valence-corrected chi connectivity index (χ4v) is 6.25. The second-order valence-electron chi connectivity index (χ2n) is 11.3. The number of aromatic amines is 1. The van der Waals surface area contributed by atoms with E-state index in [-0.39, 0.29) is 23.7 Å². The summed E-state index contributed by atoms with van der Waals surface area (Å²) in [6, 6.07) is 4.96. The van der Waals surface area contributed by atoms with Crippen LogP contribution in [0.25, 0.3) is 22.2 Å². The van der Waals surface area contributed by atoms with Crippen molar-refractivity contribution in [1.82, 2.24) is 33.6 Å². The predicted molar refractivity (Wildman–Crippen MR) is 148 cm³/mol. The second kappa shape index (κ2) is 9.57. The van der Waals surface area contributed by atoms with Crippen LogP contribution >= 0.6 is 11.6 Å². The summed E-state index contributed by atoms with van der Waals surface area (Å²) in [5.41, 5.74) is -0.519. The molecule has 0 aliphatic carbocycles. The van der Waals surface area contributed by atoms with Gasteiger partial charge in [0.15, 0.2) is 11.2 Å². The number of halogens is 1. The van der Waals surface area contributed by atoms with Crippen molar-refractivity contribution in [2.24, 2.45) is 14.1 Å². The molecule has 2 aliphatic heterocycles. The van der Waals surface area contributed by atoms with Gasteiger partial charge >= 0.3 is 5.69 Å². The van der Waals surface area contributed by atoms with E-state index in [9.17, 15) is 19.5 Å². The number of rotatable bonds is 4. The Bertz CT molecular complexity index is 1740. The van der Waals surface area contributed by atoms with Gasteiger partial charge in [0.2, 0.25) is 5.91 Å². The van der Waals surface area contributed by atoms with E-state index in [4.69, 9.17) is 16.3 Å². The number of hydrogen-bond donors (Lipinski definition) is 2. The predicted octanol–water partition coefficient (Wildman–Crippen LogP) is 1.67. The molecule has 0 bridgehead atoms. The van der Waals surface area contributed by atoms with Crippen LogP contribution in [-0.2, 0) is 30.0 Å². The van der Waals surface area contributed by atoms with Gasteiger partial charge in [0.05, 0.1) is 35.6 Å². The molecule has 0 saturated carbocycles. The molecule has 6 rings (SSSR count). The van der Waals surface area contributed by atoms with Gasteiger partial charge in [-0.3, -0.25) is 18.7 Å². The van der Waals surface area contributed by atoms with Gasteiger partial charge < -0.3 is 24.3 Å². The number of nitrogens with zero attached hydrogens (tertiary/aromatic N) is 6. The standard InChI is InChI=1S/C27H32ClN7O5/c1-26(39)14-40-27(13-19(26)35-15-29-23-22(35)24(37)33(3)25(38)32(23)2)8-10-34(11-9-27)21(36)7-6-20-30-17-5-4-16(28)12-18(17)31-20/h4-5,12,15,19,39H,6-11,13-14H2,1-3H3,(H,30,31)/t19-,26-/m0/s1. The van der Waals surface area contributed by atoms with Crippen LogP contribution in [0.4, 0.5) is 0 Å². The van der Waals surface area contributed by atoms with Gasteiger partial charge in [-0.05, 0) is 38.0 Å². The summed E-state index contributed by atoms with van der Waals surface area (Å²) in [6.45, 7) is 2.83. The van der Waals surface area contributed by atoms with Crippen molar-refractivity contribution in [3.8, 4) is 0 Å². The SMILES string of the molecule is Cn1c(=O)c2c(ncn2[C@H]2CC3(CCN(C(=O)CCc4nc5ccc(Cl)cc5[nH]4)CC3)OC[C@]2(C)O)n(C)c1=O. The molecule has 12 nitrogen and oxygen atoms in total. The molecule has 40 heavy (non-hydrogen) atoms. The highest BCUT2D eigenvalue weighted by molar-refractivity contribution is 6.31. The van der Waals surface area contributed by atoms with Gasteiger partial charge in [-0.15, -0.1) is 0 Å². The fraction of sp³-hybridized carbons (Fsp3) is 0.519. The highest BCUT2D eigenvalue weighted by atomic mass is 35.5. The third kappa shape index (κ3) is 4.43. The summed E-state index contributed by atoms with van der Waals surface area (Å²) in [6.07, 6.45) is 4.02.